The van der Waals surface area contributed by atoms with E-state index < -0.39 is 6.10 Å². The number of carbonyl (C=O) groups is 3. The number of hydrogen-bond acceptors (Lipinski definition) is 6. The first kappa shape index (κ1) is 67.1. The first-order valence-corrected chi connectivity index (χ1v) is 31.2. The first-order chi connectivity index (χ1) is 34.0. The van der Waals surface area contributed by atoms with Gasteiger partial charge in [0.05, 0.1) is 0 Å². The van der Waals surface area contributed by atoms with Crippen molar-refractivity contribution in [2.75, 3.05) is 13.2 Å². The maximum atomic E-state index is 12.8. The SMILES string of the molecule is CCCCCCCCCC/C=C\CCCCCCCCCCCCCCCCCC(=O)OCC(COC(=O)CCCCCCCCCCC)OC(=O)CCCCCCCCCCCCCCCCC. The number of unbranched alkanes of at least 4 members (excludes halogenated alkanes) is 45. The van der Waals surface area contributed by atoms with Gasteiger partial charge in [0, 0.05) is 19.3 Å². The van der Waals surface area contributed by atoms with Crippen molar-refractivity contribution in [1.82, 2.24) is 0 Å². The molecule has 408 valence electrons. The highest BCUT2D eigenvalue weighted by atomic mass is 16.6. The normalized spacial score (nSPS) is 12.0. The van der Waals surface area contributed by atoms with E-state index >= 15 is 0 Å². The molecule has 0 amide bonds. The van der Waals surface area contributed by atoms with Crippen LogP contribution in [0.5, 0.6) is 0 Å². The molecule has 0 saturated carbocycles. The molecular formula is C63H120O6. The van der Waals surface area contributed by atoms with Crippen LogP contribution in [-0.2, 0) is 28.6 Å². The molecule has 0 radical (unpaired) electrons. The molecule has 6 nitrogen and oxygen atoms in total. The Bertz CT molecular complexity index is 1070. The van der Waals surface area contributed by atoms with Crippen LogP contribution >= 0.6 is 0 Å². The zero-order valence-corrected chi connectivity index (χ0v) is 46.9. The highest BCUT2D eigenvalue weighted by molar-refractivity contribution is 5.71. The monoisotopic (exact) mass is 973 g/mol. The lowest BCUT2D eigenvalue weighted by Gasteiger charge is -2.18. The summed E-state index contributed by atoms with van der Waals surface area (Å²) < 4.78 is 16.9. The summed E-state index contributed by atoms with van der Waals surface area (Å²) in [5.74, 6) is -0.840. The molecule has 0 heterocycles. The number of allylic oxidation sites excluding steroid dienone is 2. The fourth-order valence-electron chi connectivity index (χ4n) is 9.56. The minimum Gasteiger partial charge on any atom is -0.462 e. The largest absolute Gasteiger partial charge is 0.462 e. The fourth-order valence-corrected chi connectivity index (χ4v) is 9.56. The lowest BCUT2D eigenvalue weighted by molar-refractivity contribution is -0.167. The molecule has 0 bridgehead atoms. The third kappa shape index (κ3) is 56.9. The molecule has 0 fully saturated rings. The van der Waals surface area contributed by atoms with E-state index in [4.69, 9.17) is 14.2 Å². The summed E-state index contributed by atoms with van der Waals surface area (Å²) >= 11 is 0. The second-order valence-corrected chi connectivity index (χ2v) is 21.3. The number of carbonyl (C=O) groups excluding carboxylic acids is 3. The van der Waals surface area contributed by atoms with Crippen LogP contribution in [-0.4, -0.2) is 37.2 Å². The van der Waals surface area contributed by atoms with E-state index in [1.54, 1.807) is 0 Å². The lowest BCUT2D eigenvalue weighted by atomic mass is 10.0. The molecule has 0 aliphatic rings. The minimum atomic E-state index is -0.762. The number of rotatable bonds is 58. The second-order valence-electron chi connectivity index (χ2n) is 21.3. The number of ether oxygens (including phenoxy) is 3. The van der Waals surface area contributed by atoms with Crippen molar-refractivity contribution in [3.05, 3.63) is 12.2 Å². The zero-order chi connectivity index (χ0) is 50.0. The molecule has 6 heteroatoms. The smallest absolute Gasteiger partial charge is 0.306 e. The lowest BCUT2D eigenvalue weighted by Crippen LogP contribution is -2.30. The fraction of sp³-hybridized carbons (Fsp3) is 0.921. The molecule has 0 aliphatic heterocycles. The van der Waals surface area contributed by atoms with Gasteiger partial charge in [-0.1, -0.05) is 303 Å². The summed E-state index contributed by atoms with van der Waals surface area (Å²) in [4.78, 5) is 38.1. The maximum absolute atomic E-state index is 12.8. The molecule has 1 atom stereocenters. The topological polar surface area (TPSA) is 78.9 Å². The third-order valence-corrected chi connectivity index (χ3v) is 14.3. The summed E-state index contributed by atoms with van der Waals surface area (Å²) in [7, 11) is 0. The quantitative estimate of drug-likeness (QED) is 0.0261. The van der Waals surface area contributed by atoms with Crippen LogP contribution in [0.2, 0.25) is 0 Å². The molecule has 0 spiro atoms. The molecule has 0 aromatic heterocycles. The standard InChI is InChI=1S/C63H120O6/c1-4-7-10-13-16-19-21-23-25-26-27-28-29-30-31-32-33-34-35-36-38-39-41-44-47-50-53-56-62(65)68-59-60(58-67-61(64)55-52-49-46-43-18-15-12-9-6-3)69-63(66)57-54-51-48-45-42-40-37-24-22-20-17-14-11-8-5-2/h26-27,60H,4-25,28-59H2,1-3H3/b27-26-. The van der Waals surface area contributed by atoms with E-state index in [9.17, 15) is 14.4 Å². The van der Waals surface area contributed by atoms with Crippen LogP contribution in [0.1, 0.15) is 355 Å². The average molecular weight is 974 g/mol. The molecular weight excluding hydrogens is 853 g/mol. The Kier molecular flexibility index (Phi) is 57.1. The van der Waals surface area contributed by atoms with Gasteiger partial charge >= 0.3 is 17.9 Å². The van der Waals surface area contributed by atoms with E-state index in [-0.39, 0.29) is 31.1 Å². The van der Waals surface area contributed by atoms with Crippen LogP contribution in [0.15, 0.2) is 12.2 Å². The Balaban J connectivity index is 4.09. The van der Waals surface area contributed by atoms with Crippen molar-refractivity contribution in [1.29, 1.82) is 0 Å². The van der Waals surface area contributed by atoms with E-state index in [0.29, 0.717) is 19.3 Å². The van der Waals surface area contributed by atoms with Gasteiger partial charge in [-0.05, 0) is 44.9 Å². The van der Waals surface area contributed by atoms with E-state index in [0.717, 1.165) is 57.8 Å². The van der Waals surface area contributed by atoms with Crippen LogP contribution in [0, 0.1) is 0 Å². The van der Waals surface area contributed by atoms with Crippen molar-refractivity contribution >= 4 is 17.9 Å². The van der Waals surface area contributed by atoms with E-state index in [1.165, 1.54) is 257 Å². The Labute approximate surface area is 431 Å². The van der Waals surface area contributed by atoms with Crippen LogP contribution < -0.4 is 0 Å². The maximum Gasteiger partial charge on any atom is 0.306 e. The molecule has 0 N–H and O–H groups in total. The highest BCUT2D eigenvalue weighted by Gasteiger charge is 2.19. The number of hydrogen-bond donors (Lipinski definition) is 0. The zero-order valence-electron chi connectivity index (χ0n) is 46.9. The summed E-state index contributed by atoms with van der Waals surface area (Å²) in [6.07, 6.45) is 68.1. The molecule has 1 unspecified atom stereocenters. The van der Waals surface area contributed by atoms with Crippen LogP contribution in [0.3, 0.4) is 0 Å². The molecule has 0 rings (SSSR count). The summed E-state index contributed by atoms with van der Waals surface area (Å²) in [6.45, 7) is 6.68. The number of esters is 3. The average Bonchev–Trinajstić information content (AvgIpc) is 3.35. The molecule has 0 aliphatic carbocycles. The predicted molar refractivity (Wildman–Crippen MR) is 298 cm³/mol. The molecule has 69 heavy (non-hydrogen) atoms. The third-order valence-electron chi connectivity index (χ3n) is 14.3. The Morgan fingerprint density at radius 3 is 0.725 bits per heavy atom. The van der Waals surface area contributed by atoms with Gasteiger partial charge in [-0.3, -0.25) is 14.4 Å². The molecule has 0 saturated heterocycles. The van der Waals surface area contributed by atoms with Crippen molar-refractivity contribution in [3.8, 4) is 0 Å². The van der Waals surface area contributed by atoms with Gasteiger partial charge < -0.3 is 14.2 Å². The van der Waals surface area contributed by atoms with Crippen molar-refractivity contribution in [3.63, 3.8) is 0 Å². The van der Waals surface area contributed by atoms with Gasteiger partial charge in [-0.15, -0.1) is 0 Å². The van der Waals surface area contributed by atoms with E-state index in [2.05, 4.69) is 32.9 Å². The molecule has 0 aromatic carbocycles. The highest BCUT2D eigenvalue weighted by Crippen LogP contribution is 2.18. The minimum absolute atomic E-state index is 0.0634. The Hall–Kier alpha value is -1.85. The Morgan fingerprint density at radius 2 is 0.478 bits per heavy atom. The van der Waals surface area contributed by atoms with Gasteiger partial charge in [0.2, 0.25) is 0 Å². The van der Waals surface area contributed by atoms with Gasteiger partial charge in [-0.25, -0.2) is 0 Å². The second kappa shape index (κ2) is 58.7. The van der Waals surface area contributed by atoms with Gasteiger partial charge in [0.15, 0.2) is 6.10 Å². The van der Waals surface area contributed by atoms with Gasteiger partial charge in [0.1, 0.15) is 13.2 Å². The van der Waals surface area contributed by atoms with Gasteiger partial charge in [-0.2, -0.15) is 0 Å². The first-order valence-electron chi connectivity index (χ1n) is 31.2. The van der Waals surface area contributed by atoms with Gasteiger partial charge in [0.25, 0.3) is 0 Å². The van der Waals surface area contributed by atoms with Crippen LogP contribution in [0.4, 0.5) is 0 Å². The van der Waals surface area contributed by atoms with Crippen molar-refractivity contribution < 1.29 is 28.6 Å². The predicted octanol–water partition coefficient (Wildman–Crippen LogP) is 20.9. The summed E-state index contributed by atoms with van der Waals surface area (Å²) in [6, 6.07) is 0. The summed E-state index contributed by atoms with van der Waals surface area (Å²) in [5, 5.41) is 0. The van der Waals surface area contributed by atoms with E-state index in [1.807, 2.05) is 0 Å². The molecule has 0 aromatic rings. The van der Waals surface area contributed by atoms with Crippen LogP contribution in [0.25, 0.3) is 0 Å². The van der Waals surface area contributed by atoms with Crippen molar-refractivity contribution in [2.24, 2.45) is 0 Å². The summed E-state index contributed by atoms with van der Waals surface area (Å²) in [5.41, 5.74) is 0. The Morgan fingerprint density at radius 1 is 0.275 bits per heavy atom. The van der Waals surface area contributed by atoms with Crippen molar-refractivity contribution in [2.45, 2.75) is 361 Å².